The van der Waals surface area contributed by atoms with Gasteiger partial charge in [0, 0.05) is 18.3 Å². The molecule has 0 spiro atoms. The minimum absolute atomic E-state index is 0.151. The number of H-pyrrole nitrogens is 1. The first kappa shape index (κ1) is 16.4. The van der Waals surface area contributed by atoms with Crippen molar-refractivity contribution in [1.29, 1.82) is 0 Å². The summed E-state index contributed by atoms with van der Waals surface area (Å²) in [6.07, 6.45) is 1.74. The van der Waals surface area contributed by atoms with Crippen LogP contribution >= 0.6 is 11.8 Å². The summed E-state index contributed by atoms with van der Waals surface area (Å²) >= 11 is 1.40. The van der Waals surface area contributed by atoms with Crippen LogP contribution in [0.5, 0.6) is 0 Å². The predicted molar refractivity (Wildman–Crippen MR) is 95.5 cm³/mol. The zero-order valence-corrected chi connectivity index (χ0v) is 14.5. The number of para-hydroxylation sites is 1. The van der Waals surface area contributed by atoms with Crippen LogP contribution in [-0.2, 0) is 0 Å². The van der Waals surface area contributed by atoms with Gasteiger partial charge >= 0.3 is 0 Å². The molecular formula is C17H18N4O2S. The Morgan fingerprint density at radius 2 is 1.83 bits per heavy atom. The van der Waals surface area contributed by atoms with E-state index < -0.39 is 0 Å². The van der Waals surface area contributed by atoms with Gasteiger partial charge < -0.3 is 9.55 Å². The molecule has 0 saturated heterocycles. The maximum Gasteiger partial charge on any atom is 0.273 e. The molecule has 0 radical (unpaired) electrons. The van der Waals surface area contributed by atoms with Gasteiger partial charge in [0.15, 0.2) is 5.16 Å². The maximum atomic E-state index is 12.2. The highest BCUT2D eigenvalue weighted by Gasteiger charge is 2.16. The molecule has 0 aliphatic carbocycles. The molecule has 0 saturated carbocycles. The molecule has 0 amide bonds. The Morgan fingerprint density at radius 3 is 2.58 bits per heavy atom. The van der Waals surface area contributed by atoms with Crippen molar-refractivity contribution in [2.24, 2.45) is 0 Å². The van der Waals surface area contributed by atoms with Crippen molar-refractivity contribution in [3.8, 4) is 0 Å². The number of fused-ring (bicyclic) bond motifs is 1. The number of aromatic amines is 1. The van der Waals surface area contributed by atoms with Gasteiger partial charge in [-0.2, -0.15) is 4.98 Å². The zero-order chi connectivity index (χ0) is 17.3. The third-order valence-electron chi connectivity index (χ3n) is 3.66. The van der Waals surface area contributed by atoms with Crippen LogP contribution < -0.4 is 11.1 Å². The standard InChI is InChI=1S/C17H18N4O2S/c1-10(2)21-9-8-14(22)19-17(21)24-11(3)15-18-13-7-5-4-6-12(13)16(23)20-15/h4-11H,1-3H3,(H,18,20,23). The van der Waals surface area contributed by atoms with E-state index >= 15 is 0 Å². The van der Waals surface area contributed by atoms with E-state index in [1.165, 1.54) is 17.8 Å². The van der Waals surface area contributed by atoms with Crippen LogP contribution in [-0.4, -0.2) is 19.5 Å². The Bertz CT molecular complexity index is 994. The van der Waals surface area contributed by atoms with Gasteiger partial charge in [0.1, 0.15) is 5.82 Å². The number of thioether (sulfide) groups is 1. The maximum absolute atomic E-state index is 12.2. The van der Waals surface area contributed by atoms with Gasteiger partial charge in [0.05, 0.1) is 16.2 Å². The fraction of sp³-hybridized carbons (Fsp3) is 0.294. The third kappa shape index (κ3) is 3.26. The van der Waals surface area contributed by atoms with Crippen molar-refractivity contribution in [3.63, 3.8) is 0 Å². The first-order valence-corrected chi connectivity index (χ1v) is 8.58. The van der Waals surface area contributed by atoms with Crippen LogP contribution in [0.1, 0.15) is 37.9 Å². The van der Waals surface area contributed by atoms with Crippen LogP contribution in [0.15, 0.2) is 51.3 Å². The van der Waals surface area contributed by atoms with E-state index in [0.717, 1.165) is 0 Å². The minimum atomic E-state index is -0.276. The minimum Gasteiger partial charge on any atom is -0.325 e. The van der Waals surface area contributed by atoms with Gasteiger partial charge in [-0.25, -0.2) is 4.98 Å². The molecule has 2 aromatic heterocycles. The van der Waals surface area contributed by atoms with Crippen molar-refractivity contribution in [3.05, 3.63) is 63.1 Å². The Balaban J connectivity index is 1.99. The largest absolute Gasteiger partial charge is 0.325 e. The van der Waals surface area contributed by atoms with Crippen molar-refractivity contribution < 1.29 is 0 Å². The summed E-state index contributed by atoms with van der Waals surface area (Å²) < 4.78 is 1.93. The monoisotopic (exact) mass is 342 g/mol. The number of aromatic nitrogens is 4. The molecule has 0 aliphatic heterocycles. The number of rotatable bonds is 4. The van der Waals surface area contributed by atoms with E-state index in [4.69, 9.17) is 0 Å². The average molecular weight is 342 g/mol. The second-order valence-corrected chi connectivity index (χ2v) is 7.09. The average Bonchev–Trinajstić information content (AvgIpc) is 2.54. The fourth-order valence-electron chi connectivity index (χ4n) is 2.39. The highest BCUT2D eigenvalue weighted by atomic mass is 32.2. The van der Waals surface area contributed by atoms with Gasteiger partial charge in [0.2, 0.25) is 0 Å². The van der Waals surface area contributed by atoms with E-state index in [0.29, 0.717) is 21.9 Å². The molecule has 6 nitrogen and oxygen atoms in total. The lowest BCUT2D eigenvalue weighted by molar-refractivity contribution is 0.525. The fourth-order valence-corrected chi connectivity index (χ4v) is 3.46. The molecule has 1 aromatic carbocycles. The molecule has 2 heterocycles. The number of benzene rings is 1. The third-order valence-corrected chi connectivity index (χ3v) is 4.75. The molecule has 0 bridgehead atoms. The Kier molecular flexibility index (Phi) is 4.53. The van der Waals surface area contributed by atoms with Crippen molar-refractivity contribution in [2.45, 2.75) is 37.2 Å². The first-order valence-electron chi connectivity index (χ1n) is 7.70. The summed E-state index contributed by atoms with van der Waals surface area (Å²) in [6.45, 7) is 5.98. The summed E-state index contributed by atoms with van der Waals surface area (Å²) in [5.41, 5.74) is 0.220. The molecule has 3 rings (SSSR count). The van der Waals surface area contributed by atoms with Crippen molar-refractivity contribution >= 4 is 22.7 Å². The van der Waals surface area contributed by atoms with Crippen molar-refractivity contribution in [1.82, 2.24) is 19.5 Å². The Hall–Kier alpha value is -2.41. The highest BCUT2D eigenvalue weighted by Crippen LogP contribution is 2.32. The zero-order valence-electron chi connectivity index (χ0n) is 13.7. The Labute approximate surface area is 143 Å². The summed E-state index contributed by atoms with van der Waals surface area (Å²) in [6, 6.07) is 8.85. The molecule has 1 unspecified atom stereocenters. The molecule has 7 heteroatoms. The molecule has 124 valence electrons. The smallest absolute Gasteiger partial charge is 0.273 e. The number of nitrogens with one attached hydrogen (secondary N) is 1. The van der Waals surface area contributed by atoms with Gasteiger partial charge in [-0.05, 0) is 32.9 Å². The number of nitrogens with zero attached hydrogens (tertiary/aromatic N) is 3. The summed E-state index contributed by atoms with van der Waals surface area (Å²) in [5, 5.41) is 1.03. The van der Waals surface area contributed by atoms with E-state index in [2.05, 4.69) is 15.0 Å². The second kappa shape index (κ2) is 6.60. The highest BCUT2D eigenvalue weighted by molar-refractivity contribution is 7.99. The molecule has 0 aliphatic rings. The van der Waals surface area contributed by atoms with Crippen LogP contribution in [0.2, 0.25) is 0 Å². The summed E-state index contributed by atoms with van der Waals surface area (Å²) in [7, 11) is 0. The number of hydrogen-bond acceptors (Lipinski definition) is 5. The van der Waals surface area contributed by atoms with E-state index in [-0.39, 0.29) is 22.4 Å². The predicted octanol–water partition coefficient (Wildman–Crippen LogP) is 2.91. The number of hydrogen-bond donors (Lipinski definition) is 1. The lowest BCUT2D eigenvalue weighted by Gasteiger charge is -2.17. The van der Waals surface area contributed by atoms with Crippen LogP contribution in [0.4, 0.5) is 0 Å². The van der Waals surface area contributed by atoms with Gasteiger partial charge in [0.25, 0.3) is 11.1 Å². The lowest BCUT2D eigenvalue weighted by Crippen LogP contribution is -2.16. The molecule has 0 fully saturated rings. The summed E-state index contributed by atoms with van der Waals surface area (Å²) in [4.78, 5) is 35.3. The van der Waals surface area contributed by atoms with Gasteiger partial charge in [-0.1, -0.05) is 23.9 Å². The van der Waals surface area contributed by atoms with Crippen LogP contribution in [0.3, 0.4) is 0 Å². The lowest BCUT2D eigenvalue weighted by atomic mass is 10.2. The SMILES string of the molecule is CC(Sc1nc(=O)ccn1C(C)C)c1nc2ccccc2c(=O)[nH]1. The quantitative estimate of drug-likeness (QED) is 0.582. The van der Waals surface area contributed by atoms with E-state index in [9.17, 15) is 9.59 Å². The van der Waals surface area contributed by atoms with Crippen LogP contribution in [0.25, 0.3) is 10.9 Å². The summed E-state index contributed by atoms with van der Waals surface area (Å²) in [5.74, 6) is 0.567. The first-order chi connectivity index (χ1) is 11.5. The molecule has 1 N–H and O–H groups in total. The van der Waals surface area contributed by atoms with Gasteiger partial charge in [-0.3, -0.25) is 9.59 Å². The Morgan fingerprint density at radius 1 is 1.08 bits per heavy atom. The molecule has 24 heavy (non-hydrogen) atoms. The molecule has 1 atom stereocenters. The topological polar surface area (TPSA) is 80.6 Å². The molecular weight excluding hydrogens is 324 g/mol. The normalized spacial score (nSPS) is 12.7. The molecule has 3 aromatic rings. The van der Waals surface area contributed by atoms with Crippen molar-refractivity contribution in [2.75, 3.05) is 0 Å². The van der Waals surface area contributed by atoms with Gasteiger partial charge in [-0.15, -0.1) is 0 Å². The van der Waals surface area contributed by atoms with Crippen LogP contribution in [0, 0.1) is 0 Å². The van der Waals surface area contributed by atoms with E-state index in [1.807, 2.05) is 43.5 Å². The van der Waals surface area contributed by atoms with E-state index in [1.54, 1.807) is 12.3 Å². The second-order valence-electron chi connectivity index (χ2n) is 5.78.